The van der Waals surface area contributed by atoms with E-state index < -0.39 is 0 Å². The highest BCUT2D eigenvalue weighted by Gasteiger charge is 2.42. The highest BCUT2D eigenvalue weighted by molar-refractivity contribution is 6.30. The van der Waals surface area contributed by atoms with Crippen molar-refractivity contribution >= 4 is 23.4 Å². The summed E-state index contributed by atoms with van der Waals surface area (Å²) in [7, 11) is 0. The molecule has 21 heavy (non-hydrogen) atoms. The van der Waals surface area contributed by atoms with Gasteiger partial charge in [-0.2, -0.15) is 0 Å². The molecule has 0 saturated carbocycles. The van der Waals surface area contributed by atoms with Crippen molar-refractivity contribution in [1.82, 2.24) is 0 Å². The third-order valence-corrected chi connectivity index (χ3v) is 4.32. The van der Waals surface area contributed by atoms with Crippen LogP contribution in [0.15, 0.2) is 35.6 Å². The molecule has 0 spiro atoms. The highest BCUT2D eigenvalue weighted by atomic mass is 35.5. The molecule has 1 aromatic carbocycles. The van der Waals surface area contributed by atoms with E-state index in [1.54, 1.807) is 6.07 Å². The van der Waals surface area contributed by atoms with Crippen LogP contribution in [0.25, 0.3) is 0 Å². The molecule has 0 saturated heterocycles. The van der Waals surface area contributed by atoms with Gasteiger partial charge in [0.15, 0.2) is 5.78 Å². The normalized spacial score (nSPS) is 24.6. The summed E-state index contributed by atoms with van der Waals surface area (Å²) < 4.78 is 5.37. The minimum atomic E-state index is -0.274. The summed E-state index contributed by atoms with van der Waals surface area (Å²) in [5.41, 5.74) is 1.41. The summed E-state index contributed by atoms with van der Waals surface area (Å²) >= 11 is 6.04. The zero-order valence-corrected chi connectivity index (χ0v) is 12.9. The Hall–Kier alpha value is -1.61. The summed E-state index contributed by atoms with van der Waals surface area (Å²) in [6, 6.07) is 7.36. The van der Waals surface area contributed by atoms with Crippen LogP contribution in [-0.4, -0.2) is 11.8 Å². The van der Waals surface area contributed by atoms with Crippen LogP contribution in [0, 0.1) is 5.41 Å². The van der Waals surface area contributed by atoms with Crippen molar-refractivity contribution < 1.29 is 14.3 Å². The number of ether oxygens (including phenoxy) is 1. The molecule has 1 aliphatic carbocycles. The van der Waals surface area contributed by atoms with E-state index in [-0.39, 0.29) is 29.5 Å². The average molecular weight is 305 g/mol. The van der Waals surface area contributed by atoms with Crippen LogP contribution in [0.2, 0.25) is 5.02 Å². The van der Waals surface area contributed by atoms with Gasteiger partial charge in [-0.1, -0.05) is 37.6 Å². The molecule has 3 nitrogen and oxygen atoms in total. The molecule has 1 aromatic rings. The number of Topliss-reactive ketones (excluding diaryl/α,β-unsaturated/α-hetero) is 1. The Morgan fingerprint density at radius 3 is 2.71 bits per heavy atom. The van der Waals surface area contributed by atoms with E-state index >= 15 is 0 Å². The first-order valence-corrected chi connectivity index (χ1v) is 7.46. The number of rotatable bonds is 1. The van der Waals surface area contributed by atoms with Gasteiger partial charge in [0.05, 0.1) is 6.42 Å². The summed E-state index contributed by atoms with van der Waals surface area (Å²) in [5, 5.41) is 0.608. The first kappa shape index (κ1) is 14.3. The zero-order chi connectivity index (χ0) is 15.2. The molecule has 0 bridgehead atoms. The second-order valence-corrected chi connectivity index (χ2v) is 7.00. The van der Waals surface area contributed by atoms with Crippen LogP contribution in [0.4, 0.5) is 0 Å². The van der Waals surface area contributed by atoms with Crippen molar-refractivity contribution in [2.24, 2.45) is 5.41 Å². The fourth-order valence-corrected chi connectivity index (χ4v) is 3.41. The number of hydrogen-bond donors (Lipinski definition) is 0. The van der Waals surface area contributed by atoms with Crippen LogP contribution in [0.5, 0.6) is 0 Å². The van der Waals surface area contributed by atoms with Gasteiger partial charge >= 0.3 is 5.97 Å². The van der Waals surface area contributed by atoms with Gasteiger partial charge in [0, 0.05) is 29.4 Å². The maximum absolute atomic E-state index is 12.5. The summed E-state index contributed by atoms with van der Waals surface area (Å²) in [6.45, 7) is 4.04. The third-order valence-electron chi connectivity index (χ3n) is 4.09. The molecule has 0 N–H and O–H groups in total. The molecule has 1 aliphatic heterocycles. The molecule has 0 aromatic heterocycles. The number of carbonyl (C=O) groups excluding carboxylic acids is 2. The highest BCUT2D eigenvalue weighted by Crippen LogP contribution is 2.45. The molecule has 1 atom stereocenters. The maximum atomic E-state index is 12.5. The molecule has 3 rings (SSSR count). The van der Waals surface area contributed by atoms with Gasteiger partial charge in [0.1, 0.15) is 5.76 Å². The molecular weight excluding hydrogens is 288 g/mol. The minimum absolute atomic E-state index is 0.0822. The Kier molecular flexibility index (Phi) is 3.40. The van der Waals surface area contributed by atoms with Gasteiger partial charge in [0.25, 0.3) is 0 Å². The van der Waals surface area contributed by atoms with E-state index in [0.717, 1.165) is 5.56 Å². The SMILES string of the molecule is CC1(C)CC(=O)C2=C(C1)OC(=O)C[C@H]2c1cccc(Cl)c1. The van der Waals surface area contributed by atoms with E-state index in [0.29, 0.717) is 29.2 Å². The van der Waals surface area contributed by atoms with Gasteiger partial charge in [-0.15, -0.1) is 0 Å². The van der Waals surface area contributed by atoms with E-state index in [4.69, 9.17) is 16.3 Å². The van der Waals surface area contributed by atoms with E-state index in [9.17, 15) is 9.59 Å². The Morgan fingerprint density at radius 1 is 1.24 bits per heavy atom. The lowest BCUT2D eigenvalue weighted by Gasteiger charge is -2.36. The third kappa shape index (κ3) is 2.75. The maximum Gasteiger partial charge on any atom is 0.311 e. The minimum Gasteiger partial charge on any atom is -0.431 e. The van der Waals surface area contributed by atoms with Crippen molar-refractivity contribution in [3.8, 4) is 0 Å². The molecule has 0 unspecified atom stereocenters. The van der Waals surface area contributed by atoms with Crippen LogP contribution in [-0.2, 0) is 14.3 Å². The van der Waals surface area contributed by atoms with E-state index in [1.165, 1.54) is 0 Å². The number of esters is 1. The van der Waals surface area contributed by atoms with Crippen LogP contribution in [0.1, 0.15) is 44.6 Å². The molecular formula is C17H17ClO3. The molecule has 4 heteroatoms. The Bertz CT molecular complexity index is 658. The van der Waals surface area contributed by atoms with E-state index in [2.05, 4.69) is 0 Å². The lowest BCUT2D eigenvalue weighted by Crippen LogP contribution is -2.33. The van der Waals surface area contributed by atoms with Crippen LogP contribution in [0.3, 0.4) is 0 Å². The van der Waals surface area contributed by atoms with Crippen LogP contribution >= 0.6 is 11.6 Å². The zero-order valence-electron chi connectivity index (χ0n) is 12.1. The molecule has 0 fully saturated rings. The summed E-state index contributed by atoms with van der Waals surface area (Å²) in [5.74, 6) is 0.129. The number of halogens is 1. The standard InChI is InChI=1S/C17H17ClO3/c1-17(2)8-13(19)16-12(7-15(20)21-14(16)9-17)10-4-3-5-11(18)6-10/h3-6,12H,7-9H2,1-2H3/t12-/m0/s1. The second-order valence-electron chi connectivity index (χ2n) is 6.56. The quantitative estimate of drug-likeness (QED) is 0.736. The second kappa shape index (κ2) is 4.99. The smallest absolute Gasteiger partial charge is 0.311 e. The average Bonchev–Trinajstić information content (AvgIpc) is 2.35. The largest absolute Gasteiger partial charge is 0.431 e. The Labute approximate surface area is 128 Å². The molecule has 0 amide bonds. The fourth-order valence-electron chi connectivity index (χ4n) is 3.21. The number of ketones is 1. The van der Waals surface area contributed by atoms with E-state index in [1.807, 2.05) is 32.0 Å². The lowest BCUT2D eigenvalue weighted by atomic mass is 9.71. The van der Waals surface area contributed by atoms with Crippen LogP contribution < -0.4 is 0 Å². The molecule has 0 radical (unpaired) electrons. The monoisotopic (exact) mass is 304 g/mol. The topological polar surface area (TPSA) is 43.4 Å². The van der Waals surface area contributed by atoms with Crippen molar-refractivity contribution in [3.63, 3.8) is 0 Å². The van der Waals surface area contributed by atoms with Crippen molar-refractivity contribution in [1.29, 1.82) is 0 Å². The summed E-state index contributed by atoms with van der Waals surface area (Å²) in [4.78, 5) is 24.4. The van der Waals surface area contributed by atoms with Crippen molar-refractivity contribution in [3.05, 3.63) is 46.2 Å². The van der Waals surface area contributed by atoms with Gasteiger partial charge in [-0.3, -0.25) is 9.59 Å². The molecule has 110 valence electrons. The Morgan fingerprint density at radius 2 is 2.00 bits per heavy atom. The van der Waals surface area contributed by atoms with Gasteiger partial charge in [0.2, 0.25) is 0 Å². The lowest BCUT2D eigenvalue weighted by molar-refractivity contribution is -0.142. The predicted octanol–water partition coefficient (Wildman–Crippen LogP) is 4.01. The fraction of sp³-hybridized carbons (Fsp3) is 0.412. The predicted molar refractivity (Wildman–Crippen MR) is 80.0 cm³/mol. The van der Waals surface area contributed by atoms with Crippen molar-refractivity contribution in [2.75, 3.05) is 0 Å². The van der Waals surface area contributed by atoms with Gasteiger partial charge in [-0.05, 0) is 23.1 Å². The first-order chi connectivity index (χ1) is 9.85. The molecule has 1 heterocycles. The number of carbonyl (C=O) groups is 2. The van der Waals surface area contributed by atoms with Crippen molar-refractivity contribution in [2.45, 2.75) is 39.0 Å². The number of allylic oxidation sites excluding steroid dienone is 2. The Balaban J connectivity index is 2.08. The van der Waals surface area contributed by atoms with Gasteiger partial charge < -0.3 is 4.74 Å². The number of hydrogen-bond acceptors (Lipinski definition) is 3. The number of benzene rings is 1. The first-order valence-electron chi connectivity index (χ1n) is 7.08. The molecule has 2 aliphatic rings. The van der Waals surface area contributed by atoms with Gasteiger partial charge in [-0.25, -0.2) is 0 Å². The summed E-state index contributed by atoms with van der Waals surface area (Å²) in [6.07, 6.45) is 1.31.